The summed E-state index contributed by atoms with van der Waals surface area (Å²) >= 11 is 6.20. The maximum Gasteiger partial charge on any atom is 0.0177 e. The molecule has 2 bridgehead atoms. The molecule has 60 valence electrons. The van der Waals surface area contributed by atoms with Crippen LogP contribution in [0.3, 0.4) is 0 Å². The van der Waals surface area contributed by atoms with E-state index in [-0.39, 0.29) is 0 Å². The molecule has 0 nitrogen and oxygen atoms in total. The summed E-state index contributed by atoms with van der Waals surface area (Å²) < 4.78 is 0. The highest BCUT2D eigenvalue weighted by Gasteiger charge is 2.46. The van der Waals surface area contributed by atoms with Crippen LogP contribution in [-0.2, 0) is 0 Å². The fourth-order valence-corrected chi connectivity index (χ4v) is 3.91. The van der Waals surface area contributed by atoms with Gasteiger partial charge in [0.05, 0.1) is 0 Å². The monoisotopic (exact) mass is 168 g/mol. The number of allylic oxidation sites excluding steroid dienone is 2. The van der Waals surface area contributed by atoms with E-state index >= 15 is 0 Å². The minimum absolute atomic E-state index is 0.778. The summed E-state index contributed by atoms with van der Waals surface area (Å²) in [5.74, 6) is 3.66. The third-order valence-corrected chi connectivity index (χ3v) is 4.31. The molecule has 0 spiro atoms. The first-order chi connectivity index (χ1) is 5.34. The fourth-order valence-electron chi connectivity index (χ4n) is 3.46. The first-order valence-electron chi connectivity index (χ1n) is 4.72. The third-order valence-electron chi connectivity index (χ3n) is 3.90. The Kier molecular flexibility index (Phi) is 1.21. The average Bonchev–Trinajstić information content (AvgIpc) is 2.40. The standard InChI is InChI=1S/C10H13Cl/c11-10-5-6-3-7-1-2-8(10)9(7)4-6/h5-9H,1-4H2/t6-,7+,8+,9-/m1/s1. The van der Waals surface area contributed by atoms with Crippen molar-refractivity contribution in [2.24, 2.45) is 23.7 Å². The van der Waals surface area contributed by atoms with Gasteiger partial charge < -0.3 is 0 Å². The van der Waals surface area contributed by atoms with Gasteiger partial charge in [-0.05, 0) is 49.4 Å². The first-order valence-corrected chi connectivity index (χ1v) is 5.09. The number of fused-ring (bicyclic) bond motifs is 1. The Hall–Kier alpha value is 0.0300. The Morgan fingerprint density at radius 3 is 3.09 bits per heavy atom. The van der Waals surface area contributed by atoms with Gasteiger partial charge in [-0.15, -0.1) is 0 Å². The molecule has 0 unspecified atom stereocenters. The van der Waals surface area contributed by atoms with Crippen molar-refractivity contribution in [3.05, 3.63) is 11.1 Å². The first kappa shape index (κ1) is 6.54. The van der Waals surface area contributed by atoms with Gasteiger partial charge in [-0.3, -0.25) is 0 Å². The van der Waals surface area contributed by atoms with Crippen LogP contribution in [0.15, 0.2) is 11.1 Å². The smallest absolute Gasteiger partial charge is 0.0177 e. The van der Waals surface area contributed by atoms with Crippen LogP contribution >= 0.6 is 11.6 Å². The zero-order valence-corrected chi connectivity index (χ0v) is 7.35. The molecule has 0 aromatic carbocycles. The lowest BCUT2D eigenvalue weighted by Crippen LogP contribution is -2.13. The van der Waals surface area contributed by atoms with Crippen LogP contribution in [0.1, 0.15) is 25.7 Å². The van der Waals surface area contributed by atoms with Crippen molar-refractivity contribution >= 4 is 11.6 Å². The van der Waals surface area contributed by atoms with E-state index < -0.39 is 0 Å². The predicted octanol–water partition coefficient (Wildman–Crippen LogP) is 3.18. The van der Waals surface area contributed by atoms with Gasteiger partial charge in [0.25, 0.3) is 0 Å². The van der Waals surface area contributed by atoms with Crippen molar-refractivity contribution in [3.8, 4) is 0 Å². The summed E-state index contributed by atoms with van der Waals surface area (Å²) in [6.07, 6.45) is 8.05. The summed E-state index contributed by atoms with van der Waals surface area (Å²) in [6.45, 7) is 0. The van der Waals surface area contributed by atoms with Crippen LogP contribution in [0.4, 0.5) is 0 Å². The molecular weight excluding hydrogens is 156 g/mol. The van der Waals surface area contributed by atoms with Crippen molar-refractivity contribution in [1.82, 2.24) is 0 Å². The minimum atomic E-state index is 0.778. The van der Waals surface area contributed by atoms with Crippen molar-refractivity contribution in [1.29, 1.82) is 0 Å². The van der Waals surface area contributed by atoms with Crippen LogP contribution in [0.2, 0.25) is 0 Å². The van der Waals surface area contributed by atoms with E-state index in [1.807, 2.05) is 0 Å². The Labute approximate surface area is 72.6 Å². The van der Waals surface area contributed by atoms with E-state index in [1.54, 1.807) is 0 Å². The van der Waals surface area contributed by atoms with Crippen LogP contribution in [-0.4, -0.2) is 0 Å². The van der Waals surface area contributed by atoms with Crippen LogP contribution in [0.25, 0.3) is 0 Å². The van der Waals surface area contributed by atoms with Gasteiger partial charge in [0.15, 0.2) is 0 Å². The van der Waals surface area contributed by atoms with Crippen LogP contribution in [0, 0.1) is 23.7 Å². The Morgan fingerprint density at radius 1 is 1.27 bits per heavy atom. The lowest BCUT2D eigenvalue weighted by Gasteiger charge is -2.22. The van der Waals surface area contributed by atoms with Crippen LogP contribution < -0.4 is 0 Å². The van der Waals surface area contributed by atoms with Crippen molar-refractivity contribution in [3.63, 3.8) is 0 Å². The van der Waals surface area contributed by atoms with Gasteiger partial charge in [0.2, 0.25) is 0 Å². The second-order valence-electron chi connectivity index (χ2n) is 4.39. The topological polar surface area (TPSA) is 0 Å². The molecule has 0 aromatic heterocycles. The van der Waals surface area contributed by atoms with E-state index in [9.17, 15) is 0 Å². The molecular formula is C10H13Cl. The molecule has 4 atom stereocenters. The third kappa shape index (κ3) is 0.767. The normalized spacial score (nSPS) is 53.0. The largest absolute Gasteiger partial charge is 0.0892 e. The molecule has 0 saturated heterocycles. The SMILES string of the molecule is ClC1=C[C@@H]2C[C@@H]3CC[C@H]1[C@@H]3C2. The number of rotatable bonds is 0. The van der Waals surface area contributed by atoms with Gasteiger partial charge in [0.1, 0.15) is 0 Å². The fraction of sp³-hybridized carbons (Fsp3) is 0.800. The maximum atomic E-state index is 6.20. The molecule has 3 aliphatic rings. The molecule has 1 heteroatoms. The highest BCUT2D eigenvalue weighted by atomic mass is 35.5. The van der Waals surface area contributed by atoms with E-state index in [4.69, 9.17) is 11.6 Å². The second-order valence-corrected chi connectivity index (χ2v) is 4.83. The molecule has 0 heterocycles. The maximum absolute atomic E-state index is 6.20. The molecule has 0 radical (unpaired) electrons. The predicted molar refractivity (Wildman–Crippen MR) is 46.4 cm³/mol. The molecule has 2 fully saturated rings. The van der Waals surface area contributed by atoms with E-state index in [0.29, 0.717) is 0 Å². The van der Waals surface area contributed by atoms with Gasteiger partial charge in [0, 0.05) is 5.03 Å². The van der Waals surface area contributed by atoms with Gasteiger partial charge in [-0.25, -0.2) is 0 Å². The van der Waals surface area contributed by atoms with Gasteiger partial charge >= 0.3 is 0 Å². The zero-order valence-electron chi connectivity index (χ0n) is 6.59. The molecule has 2 saturated carbocycles. The Balaban J connectivity index is 2.05. The van der Waals surface area contributed by atoms with Crippen molar-refractivity contribution in [2.45, 2.75) is 25.7 Å². The van der Waals surface area contributed by atoms with Crippen molar-refractivity contribution < 1.29 is 0 Å². The summed E-state index contributed by atoms with van der Waals surface area (Å²) in [5, 5.41) is 1.20. The average molecular weight is 169 g/mol. The molecule has 0 N–H and O–H groups in total. The quantitative estimate of drug-likeness (QED) is 0.521. The zero-order chi connectivity index (χ0) is 7.42. The highest BCUT2D eigenvalue weighted by molar-refractivity contribution is 6.30. The number of hydrogen-bond acceptors (Lipinski definition) is 0. The van der Waals surface area contributed by atoms with E-state index in [2.05, 4.69) is 6.08 Å². The number of hydrogen-bond donors (Lipinski definition) is 0. The number of halogens is 1. The lowest BCUT2D eigenvalue weighted by atomic mass is 9.86. The lowest BCUT2D eigenvalue weighted by molar-refractivity contribution is 0.388. The summed E-state index contributed by atoms with van der Waals surface area (Å²) in [4.78, 5) is 0. The molecule has 3 rings (SSSR count). The minimum Gasteiger partial charge on any atom is -0.0892 e. The van der Waals surface area contributed by atoms with E-state index in [0.717, 1.165) is 23.7 Å². The second kappa shape index (κ2) is 2.04. The van der Waals surface area contributed by atoms with Crippen molar-refractivity contribution in [2.75, 3.05) is 0 Å². The molecule has 11 heavy (non-hydrogen) atoms. The summed E-state index contributed by atoms with van der Waals surface area (Å²) in [6, 6.07) is 0. The molecule has 0 amide bonds. The Bertz CT molecular complexity index is 217. The van der Waals surface area contributed by atoms with Crippen LogP contribution in [0.5, 0.6) is 0 Å². The molecule has 0 aromatic rings. The summed E-state index contributed by atoms with van der Waals surface area (Å²) in [7, 11) is 0. The highest BCUT2D eigenvalue weighted by Crippen LogP contribution is 2.56. The molecule has 0 aliphatic heterocycles. The molecule has 3 aliphatic carbocycles. The van der Waals surface area contributed by atoms with Gasteiger partial charge in [-0.2, -0.15) is 0 Å². The van der Waals surface area contributed by atoms with E-state index in [1.165, 1.54) is 30.7 Å². The van der Waals surface area contributed by atoms with Gasteiger partial charge in [-0.1, -0.05) is 17.7 Å². The summed E-state index contributed by atoms with van der Waals surface area (Å²) in [5.41, 5.74) is 0. The Morgan fingerprint density at radius 2 is 2.18 bits per heavy atom.